The summed E-state index contributed by atoms with van der Waals surface area (Å²) in [5.74, 6) is 0.682. The van der Waals surface area contributed by atoms with Crippen molar-refractivity contribution in [3.63, 3.8) is 0 Å². The highest BCUT2D eigenvalue weighted by molar-refractivity contribution is 7.28. The second-order valence-corrected chi connectivity index (χ2v) is 8.25. The summed E-state index contributed by atoms with van der Waals surface area (Å²) < 4.78 is 5.79. The minimum absolute atomic E-state index is 0.115. The maximum Gasteiger partial charge on any atom is 0.315 e. The number of carbonyl (C=O) groups excluding carboxylic acids is 1. The number of rotatable bonds is 5. The van der Waals surface area contributed by atoms with Crippen molar-refractivity contribution in [2.45, 2.75) is 40.0 Å². The zero-order valence-electron chi connectivity index (χ0n) is 17.3. The van der Waals surface area contributed by atoms with Crippen molar-refractivity contribution < 1.29 is 14.6 Å². The molecule has 150 valence electrons. The number of carbonyl (C=O) groups is 1. The molecule has 0 saturated carbocycles. The van der Waals surface area contributed by atoms with Gasteiger partial charge in [0.15, 0.2) is 0 Å². The summed E-state index contributed by atoms with van der Waals surface area (Å²) in [6, 6.07) is 17.5. The summed E-state index contributed by atoms with van der Waals surface area (Å²) in [5, 5.41) is 11.4. The predicted molar refractivity (Wildman–Crippen MR) is 122 cm³/mol. The van der Waals surface area contributed by atoms with E-state index in [-0.39, 0.29) is 24.1 Å². The monoisotopic (exact) mass is 406 g/mol. The molecule has 0 saturated heterocycles. The molecule has 0 aliphatic heterocycles. The van der Waals surface area contributed by atoms with Crippen LogP contribution >= 0.6 is 9.24 Å². The van der Waals surface area contributed by atoms with Gasteiger partial charge in [-0.3, -0.25) is 4.79 Å². The molecule has 4 heteroatoms. The van der Waals surface area contributed by atoms with Crippen LogP contribution in [0.15, 0.2) is 54.6 Å². The van der Waals surface area contributed by atoms with Crippen LogP contribution in [0, 0.1) is 13.8 Å². The summed E-state index contributed by atoms with van der Waals surface area (Å²) in [5.41, 5.74) is 5.36. The van der Waals surface area contributed by atoms with Crippen molar-refractivity contribution in [3.8, 4) is 22.6 Å². The topological polar surface area (TPSA) is 46.5 Å². The minimum atomic E-state index is -0.341. The third-order valence-electron chi connectivity index (χ3n) is 5.21. The molecule has 1 unspecified atom stereocenters. The molecule has 0 heterocycles. The van der Waals surface area contributed by atoms with E-state index in [9.17, 15) is 9.90 Å². The van der Waals surface area contributed by atoms with Crippen LogP contribution in [0.1, 0.15) is 42.0 Å². The van der Waals surface area contributed by atoms with Gasteiger partial charge < -0.3 is 9.84 Å². The lowest BCUT2D eigenvalue weighted by Crippen LogP contribution is -2.15. The lowest BCUT2D eigenvalue weighted by atomic mass is 9.89. The second kappa shape index (κ2) is 8.80. The lowest BCUT2D eigenvalue weighted by Gasteiger charge is -2.18. The number of esters is 1. The molecule has 0 amide bonds. The molecule has 0 spiro atoms. The van der Waals surface area contributed by atoms with Crippen LogP contribution in [0.25, 0.3) is 11.1 Å². The number of hydrogen-bond acceptors (Lipinski definition) is 3. The number of phenols is 1. The molecule has 3 aromatic carbocycles. The van der Waals surface area contributed by atoms with Crippen LogP contribution < -0.4 is 10.0 Å². The van der Waals surface area contributed by atoms with Gasteiger partial charge in [-0.25, -0.2) is 0 Å². The van der Waals surface area contributed by atoms with Gasteiger partial charge in [0, 0.05) is 5.56 Å². The Morgan fingerprint density at radius 1 is 1.03 bits per heavy atom. The van der Waals surface area contributed by atoms with Gasteiger partial charge in [0.05, 0.1) is 6.42 Å². The average Bonchev–Trinajstić information content (AvgIpc) is 2.69. The molecule has 1 N–H and O–H groups in total. The van der Waals surface area contributed by atoms with Crippen molar-refractivity contribution in [2.24, 2.45) is 0 Å². The number of phenolic OH excluding ortho intramolecular Hbond substituents is 1. The molecule has 3 rings (SSSR count). The first kappa shape index (κ1) is 21.1. The first-order chi connectivity index (χ1) is 13.8. The fraction of sp³-hybridized carbons (Fsp3) is 0.240. The lowest BCUT2D eigenvalue weighted by molar-refractivity contribution is -0.133. The number of benzene rings is 3. The maximum absolute atomic E-state index is 12.9. The summed E-state index contributed by atoms with van der Waals surface area (Å²) in [6.07, 6.45) is 0.115. The highest BCUT2D eigenvalue weighted by Crippen LogP contribution is 2.33. The minimum Gasteiger partial charge on any atom is -0.507 e. The van der Waals surface area contributed by atoms with Crippen molar-refractivity contribution in [2.75, 3.05) is 0 Å². The molecule has 0 bridgehead atoms. The first-order valence-electron chi connectivity index (χ1n) is 9.76. The molecular formula is C25H27O3P. The Bertz CT molecular complexity index is 1050. The quantitative estimate of drug-likeness (QED) is 0.348. The molecule has 29 heavy (non-hydrogen) atoms. The van der Waals surface area contributed by atoms with E-state index in [1.54, 1.807) is 0 Å². The van der Waals surface area contributed by atoms with E-state index in [0.29, 0.717) is 5.75 Å². The number of para-hydroxylation sites is 1. The van der Waals surface area contributed by atoms with Crippen LogP contribution in [0.4, 0.5) is 0 Å². The molecule has 0 aromatic heterocycles. The van der Waals surface area contributed by atoms with Gasteiger partial charge in [0.1, 0.15) is 11.5 Å². The van der Waals surface area contributed by atoms with Gasteiger partial charge in [0.2, 0.25) is 0 Å². The number of aryl methyl sites for hydroxylation is 1. The largest absolute Gasteiger partial charge is 0.507 e. The second-order valence-electron chi connectivity index (χ2n) is 7.62. The Balaban J connectivity index is 1.93. The van der Waals surface area contributed by atoms with E-state index in [4.69, 9.17) is 4.74 Å². The van der Waals surface area contributed by atoms with Crippen LogP contribution in [0.5, 0.6) is 11.5 Å². The number of hydrogen-bond donors (Lipinski definition) is 1. The Hall–Kier alpha value is -2.64. The highest BCUT2D eigenvalue weighted by atomic mass is 31.0. The summed E-state index contributed by atoms with van der Waals surface area (Å²) >= 11 is 0. The average molecular weight is 406 g/mol. The van der Waals surface area contributed by atoms with Gasteiger partial charge in [-0.15, -0.1) is 9.24 Å². The smallest absolute Gasteiger partial charge is 0.315 e. The van der Waals surface area contributed by atoms with Gasteiger partial charge in [-0.1, -0.05) is 62.4 Å². The third kappa shape index (κ3) is 4.52. The zero-order valence-corrected chi connectivity index (χ0v) is 18.5. The standard InChI is InChI=1S/C25H27O3P/c1-15(2)20-13-16(3)25(27)17(4)21(20)14-24(26)28-22-11-7-5-9-18(22)19-10-6-8-12-23(19)29/h5-13,15,27H,14,29H2,1-4H3. The van der Waals surface area contributed by atoms with Gasteiger partial charge in [-0.05, 0) is 59.0 Å². The fourth-order valence-corrected chi connectivity index (χ4v) is 3.98. The fourth-order valence-electron chi connectivity index (χ4n) is 3.62. The Labute approximate surface area is 174 Å². The summed E-state index contributed by atoms with van der Waals surface area (Å²) in [4.78, 5) is 12.9. The maximum atomic E-state index is 12.9. The van der Waals surface area contributed by atoms with E-state index in [1.807, 2.05) is 68.4 Å². The van der Waals surface area contributed by atoms with Crippen molar-refractivity contribution in [1.82, 2.24) is 0 Å². The SMILES string of the molecule is Cc1cc(C(C)C)c(CC(=O)Oc2ccccc2-c2ccccc2P)c(C)c1O. The van der Waals surface area contributed by atoms with E-state index < -0.39 is 0 Å². The van der Waals surface area contributed by atoms with Gasteiger partial charge in [0.25, 0.3) is 0 Å². The highest BCUT2D eigenvalue weighted by Gasteiger charge is 2.19. The molecule has 0 aliphatic rings. The normalized spacial score (nSPS) is 11.0. The summed E-state index contributed by atoms with van der Waals surface area (Å²) in [7, 11) is 2.72. The number of aromatic hydroxyl groups is 1. The summed E-state index contributed by atoms with van der Waals surface area (Å²) in [6.45, 7) is 7.92. The van der Waals surface area contributed by atoms with Gasteiger partial charge in [-0.2, -0.15) is 0 Å². The van der Waals surface area contributed by atoms with Crippen molar-refractivity contribution in [1.29, 1.82) is 0 Å². The molecule has 1 atom stereocenters. The zero-order chi connectivity index (χ0) is 21.1. The van der Waals surface area contributed by atoms with Gasteiger partial charge >= 0.3 is 5.97 Å². The molecular weight excluding hydrogens is 379 g/mol. The van der Waals surface area contributed by atoms with Crippen LogP contribution in [0.3, 0.4) is 0 Å². The molecule has 0 aliphatic carbocycles. The van der Waals surface area contributed by atoms with Crippen LogP contribution in [-0.4, -0.2) is 11.1 Å². The molecule has 3 aromatic rings. The van der Waals surface area contributed by atoms with E-state index in [2.05, 4.69) is 23.1 Å². The molecule has 0 radical (unpaired) electrons. The number of ether oxygens (including phenoxy) is 1. The van der Waals surface area contributed by atoms with Crippen molar-refractivity contribution >= 4 is 20.5 Å². The third-order valence-corrected chi connectivity index (χ3v) is 5.71. The van der Waals surface area contributed by atoms with E-state index in [1.165, 1.54) is 0 Å². The first-order valence-corrected chi connectivity index (χ1v) is 10.3. The Kier molecular flexibility index (Phi) is 6.39. The molecule has 0 fully saturated rings. The Morgan fingerprint density at radius 2 is 1.66 bits per heavy atom. The predicted octanol–water partition coefficient (Wildman–Crippen LogP) is 5.45. The van der Waals surface area contributed by atoms with E-state index in [0.717, 1.165) is 38.7 Å². The van der Waals surface area contributed by atoms with Crippen LogP contribution in [0.2, 0.25) is 0 Å². The Morgan fingerprint density at radius 3 is 2.31 bits per heavy atom. The van der Waals surface area contributed by atoms with Crippen molar-refractivity contribution in [3.05, 3.63) is 76.9 Å². The molecule has 3 nitrogen and oxygen atoms in total. The van der Waals surface area contributed by atoms with E-state index >= 15 is 0 Å². The van der Waals surface area contributed by atoms with Crippen LogP contribution in [-0.2, 0) is 11.2 Å².